The summed E-state index contributed by atoms with van der Waals surface area (Å²) in [6.07, 6.45) is 7.16. The van der Waals surface area contributed by atoms with Gasteiger partial charge in [0, 0.05) is 23.9 Å². The van der Waals surface area contributed by atoms with E-state index in [4.69, 9.17) is 4.98 Å². The zero-order chi connectivity index (χ0) is 16.6. The lowest BCUT2D eigenvalue weighted by atomic mass is 9.94. The predicted octanol–water partition coefficient (Wildman–Crippen LogP) is 2.88. The van der Waals surface area contributed by atoms with Crippen molar-refractivity contribution in [2.24, 2.45) is 5.41 Å². The highest BCUT2D eigenvalue weighted by Crippen LogP contribution is 2.34. The molecule has 6 heteroatoms. The molecule has 0 saturated carbocycles. The molecule has 2 aromatic heterocycles. The second-order valence-corrected chi connectivity index (χ2v) is 7.15. The van der Waals surface area contributed by atoms with Crippen molar-refractivity contribution in [3.8, 4) is 11.5 Å². The fourth-order valence-corrected chi connectivity index (χ4v) is 2.95. The summed E-state index contributed by atoms with van der Waals surface area (Å²) in [5.41, 5.74) is 2.15. The molecule has 1 saturated heterocycles. The first kappa shape index (κ1) is 15.6. The molecule has 1 fully saturated rings. The van der Waals surface area contributed by atoms with Crippen LogP contribution in [0.15, 0.2) is 18.6 Å². The van der Waals surface area contributed by atoms with Crippen molar-refractivity contribution in [3.63, 3.8) is 0 Å². The molecule has 0 radical (unpaired) electrons. The summed E-state index contributed by atoms with van der Waals surface area (Å²) in [5.74, 6) is 0.879. The van der Waals surface area contributed by atoms with E-state index in [1.165, 1.54) is 0 Å². The van der Waals surface area contributed by atoms with Gasteiger partial charge in [-0.2, -0.15) is 0 Å². The molecule has 1 atom stereocenters. The van der Waals surface area contributed by atoms with Gasteiger partial charge in [0.25, 0.3) is 0 Å². The number of nitrogens with one attached hydrogen (secondary N) is 1. The Kier molecular flexibility index (Phi) is 3.92. The minimum Gasteiger partial charge on any atom is -0.341 e. The number of amides is 1. The Bertz CT molecular complexity index is 716. The molecule has 1 aliphatic heterocycles. The van der Waals surface area contributed by atoms with Crippen LogP contribution >= 0.6 is 0 Å². The molecule has 0 aliphatic carbocycles. The van der Waals surface area contributed by atoms with Crippen LogP contribution in [-0.2, 0) is 4.79 Å². The number of carbonyl (C=O) groups excluding carboxylic acids is 1. The van der Waals surface area contributed by atoms with Gasteiger partial charge in [-0.15, -0.1) is 0 Å². The number of likely N-dealkylation sites (tertiary alicyclic amines) is 1. The van der Waals surface area contributed by atoms with Crippen molar-refractivity contribution in [3.05, 3.63) is 30.0 Å². The third-order valence-corrected chi connectivity index (χ3v) is 4.10. The number of rotatable bonds is 2. The maximum Gasteiger partial charge on any atom is 0.228 e. The monoisotopic (exact) mass is 313 g/mol. The van der Waals surface area contributed by atoms with Crippen LogP contribution in [0.3, 0.4) is 0 Å². The van der Waals surface area contributed by atoms with E-state index < -0.39 is 0 Å². The SMILES string of the molecule is Cc1cnc(-c2cncc([C@H]3CCCN3C(=O)C(C)(C)C)n2)[nH]1. The molecule has 1 N–H and O–H groups in total. The number of aromatic amines is 1. The molecule has 1 aliphatic rings. The Hall–Kier alpha value is -2.24. The molecule has 1 amide bonds. The molecule has 122 valence electrons. The first-order valence-corrected chi connectivity index (χ1v) is 8.01. The molecular formula is C17H23N5O. The van der Waals surface area contributed by atoms with Crippen molar-refractivity contribution in [1.29, 1.82) is 0 Å². The van der Waals surface area contributed by atoms with Crippen LogP contribution in [0, 0.1) is 12.3 Å². The topological polar surface area (TPSA) is 74.8 Å². The van der Waals surface area contributed by atoms with Crippen molar-refractivity contribution >= 4 is 5.91 Å². The van der Waals surface area contributed by atoms with Gasteiger partial charge in [-0.3, -0.25) is 9.78 Å². The number of nitrogens with zero attached hydrogens (tertiary/aromatic N) is 4. The van der Waals surface area contributed by atoms with Crippen LogP contribution in [0.2, 0.25) is 0 Å². The van der Waals surface area contributed by atoms with Gasteiger partial charge in [0.1, 0.15) is 5.69 Å². The van der Waals surface area contributed by atoms with Crippen LogP contribution < -0.4 is 0 Å². The van der Waals surface area contributed by atoms with Gasteiger partial charge >= 0.3 is 0 Å². The van der Waals surface area contributed by atoms with E-state index >= 15 is 0 Å². The molecule has 3 heterocycles. The summed E-state index contributed by atoms with van der Waals surface area (Å²) in [7, 11) is 0. The second kappa shape index (κ2) is 5.76. The van der Waals surface area contributed by atoms with E-state index in [1.807, 2.05) is 32.6 Å². The van der Waals surface area contributed by atoms with Gasteiger partial charge in [-0.05, 0) is 19.8 Å². The van der Waals surface area contributed by atoms with Crippen LogP contribution in [0.4, 0.5) is 0 Å². The lowest BCUT2D eigenvalue weighted by Crippen LogP contribution is -2.39. The average molecular weight is 313 g/mol. The number of imidazole rings is 1. The summed E-state index contributed by atoms with van der Waals surface area (Å²) >= 11 is 0. The minimum atomic E-state index is -0.383. The summed E-state index contributed by atoms with van der Waals surface area (Å²) in [6, 6.07) is 0.00485. The lowest BCUT2D eigenvalue weighted by molar-refractivity contribution is -0.140. The lowest BCUT2D eigenvalue weighted by Gasteiger charge is -2.30. The molecule has 2 aromatic rings. The third-order valence-electron chi connectivity index (χ3n) is 4.10. The predicted molar refractivity (Wildman–Crippen MR) is 87.5 cm³/mol. The van der Waals surface area contributed by atoms with E-state index in [9.17, 15) is 4.79 Å². The normalized spacial score (nSPS) is 18.4. The summed E-state index contributed by atoms with van der Waals surface area (Å²) in [5, 5.41) is 0. The molecular weight excluding hydrogens is 290 g/mol. The smallest absolute Gasteiger partial charge is 0.228 e. The molecule has 0 spiro atoms. The van der Waals surface area contributed by atoms with Crippen LogP contribution in [0.5, 0.6) is 0 Å². The molecule has 0 aromatic carbocycles. The summed E-state index contributed by atoms with van der Waals surface area (Å²) in [6.45, 7) is 8.61. The van der Waals surface area contributed by atoms with E-state index in [0.717, 1.165) is 30.8 Å². The quantitative estimate of drug-likeness (QED) is 0.925. The molecule has 6 nitrogen and oxygen atoms in total. The van der Waals surface area contributed by atoms with Crippen molar-refractivity contribution in [2.75, 3.05) is 6.54 Å². The number of carbonyl (C=O) groups is 1. The highest BCUT2D eigenvalue weighted by Gasteiger charge is 2.36. The summed E-state index contributed by atoms with van der Waals surface area (Å²) in [4.78, 5) is 31.1. The highest BCUT2D eigenvalue weighted by molar-refractivity contribution is 5.82. The zero-order valence-electron chi connectivity index (χ0n) is 14.1. The van der Waals surface area contributed by atoms with E-state index in [-0.39, 0.29) is 17.4 Å². The number of aryl methyl sites for hydroxylation is 1. The minimum absolute atomic E-state index is 0.00485. The molecule has 23 heavy (non-hydrogen) atoms. The standard InChI is InChI=1S/C17H23N5O/c1-11-8-19-15(20-11)13-10-18-9-12(21-13)14-6-5-7-22(14)16(23)17(2,3)4/h8-10,14H,5-7H2,1-4H3,(H,19,20)/t14-/m1/s1. The van der Waals surface area contributed by atoms with Crippen molar-refractivity contribution < 1.29 is 4.79 Å². The number of H-pyrrole nitrogens is 1. The van der Waals surface area contributed by atoms with Crippen molar-refractivity contribution in [1.82, 2.24) is 24.8 Å². The van der Waals surface area contributed by atoms with Gasteiger partial charge in [-0.25, -0.2) is 9.97 Å². The first-order valence-electron chi connectivity index (χ1n) is 8.01. The Balaban J connectivity index is 1.90. The Morgan fingerprint density at radius 1 is 1.30 bits per heavy atom. The molecule has 0 bridgehead atoms. The molecule has 3 rings (SSSR count). The summed E-state index contributed by atoms with van der Waals surface area (Å²) < 4.78 is 0. The van der Waals surface area contributed by atoms with Crippen molar-refractivity contribution in [2.45, 2.75) is 46.6 Å². The van der Waals surface area contributed by atoms with Crippen LogP contribution in [-0.4, -0.2) is 37.3 Å². The zero-order valence-corrected chi connectivity index (χ0v) is 14.1. The highest BCUT2D eigenvalue weighted by atomic mass is 16.2. The largest absolute Gasteiger partial charge is 0.341 e. The third kappa shape index (κ3) is 3.11. The Morgan fingerprint density at radius 2 is 2.09 bits per heavy atom. The number of hydrogen-bond donors (Lipinski definition) is 1. The van der Waals surface area contributed by atoms with E-state index in [0.29, 0.717) is 11.5 Å². The second-order valence-electron chi connectivity index (χ2n) is 7.15. The van der Waals surface area contributed by atoms with Crippen LogP contribution in [0.25, 0.3) is 11.5 Å². The fourth-order valence-electron chi connectivity index (χ4n) is 2.95. The van der Waals surface area contributed by atoms with E-state index in [1.54, 1.807) is 18.6 Å². The Morgan fingerprint density at radius 3 is 2.74 bits per heavy atom. The van der Waals surface area contributed by atoms with Gasteiger partial charge < -0.3 is 9.88 Å². The molecule has 0 unspecified atom stereocenters. The van der Waals surface area contributed by atoms with Crippen LogP contribution in [0.1, 0.15) is 51.0 Å². The average Bonchev–Trinajstić information content (AvgIpc) is 3.14. The van der Waals surface area contributed by atoms with Gasteiger partial charge in [0.2, 0.25) is 5.91 Å². The number of hydrogen-bond acceptors (Lipinski definition) is 4. The van der Waals surface area contributed by atoms with Gasteiger partial charge in [0.05, 0.1) is 24.1 Å². The maximum atomic E-state index is 12.7. The first-order chi connectivity index (χ1) is 10.9. The maximum absolute atomic E-state index is 12.7. The van der Waals surface area contributed by atoms with E-state index in [2.05, 4.69) is 15.0 Å². The Labute approximate surface area is 136 Å². The fraction of sp³-hybridized carbons (Fsp3) is 0.529. The van der Waals surface area contributed by atoms with Gasteiger partial charge in [0.15, 0.2) is 5.82 Å². The van der Waals surface area contributed by atoms with Gasteiger partial charge in [-0.1, -0.05) is 20.8 Å². The number of aromatic nitrogens is 4.